The molecule has 0 amide bonds. The number of hydrogen-bond acceptors (Lipinski definition) is 3. The number of carbonyl (C=O) groups is 1. The molecule has 2 N–H and O–H groups in total. The number of nitrogens with one attached hydrogen (secondary N) is 1. The Hall–Kier alpha value is -3.07. The molecule has 1 atom stereocenters. The van der Waals surface area contributed by atoms with Gasteiger partial charge in [0.25, 0.3) is 0 Å². The standard InChI is InChI=1S/C22H21NO2/c1-3-8-17-13-16-9-4-5-11-19(16)20(22(17)25)14-23-15(2)18-10-6-7-12-21(18)24/h3-7,9-12,14,17,23-24H,1-2,8,13H2/b20-14-. The average molecular weight is 331 g/mol. The highest BCUT2D eigenvalue weighted by Gasteiger charge is 2.29. The lowest BCUT2D eigenvalue weighted by molar-refractivity contribution is -0.117. The highest BCUT2D eigenvalue weighted by molar-refractivity contribution is 6.23. The molecule has 0 heterocycles. The number of para-hydroxylation sites is 1. The molecular weight excluding hydrogens is 310 g/mol. The molecule has 3 rings (SSSR count). The van der Waals surface area contributed by atoms with Gasteiger partial charge in [0.1, 0.15) is 5.75 Å². The van der Waals surface area contributed by atoms with Crippen LogP contribution in [0.2, 0.25) is 0 Å². The Morgan fingerprint density at radius 1 is 1.20 bits per heavy atom. The summed E-state index contributed by atoms with van der Waals surface area (Å²) in [7, 11) is 0. The van der Waals surface area contributed by atoms with Crippen LogP contribution in [0.25, 0.3) is 11.3 Å². The fourth-order valence-corrected chi connectivity index (χ4v) is 3.18. The van der Waals surface area contributed by atoms with E-state index in [1.807, 2.05) is 24.3 Å². The van der Waals surface area contributed by atoms with Crippen LogP contribution < -0.4 is 5.32 Å². The Morgan fingerprint density at radius 2 is 1.92 bits per heavy atom. The van der Waals surface area contributed by atoms with E-state index in [4.69, 9.17) is 0 Å². The number of ketones is 1. The molecule has 0 aromatic heterocycles. The molecule has 1 aliphatic rings. The quantitative estimate of drug-likeness (QED) is 0.634. The lowest BCUT2D eigenvalue weighted by Crippen LogP contribution is -2.25. The maximum atomic E-state index is 12.9. The van der Waals surface area contributed by atoms with E-state index in [0.29, 0.717) is 23.3 Å². The Bertz CT molecular complexity index is 864. The van der Waals surface area contributed by atoms with Crippen molar-refractivity contribution in [2.24, 2.45) is 5.92 Å². The molecule has 0 saturated heterocycles. The molecule has 0 bridgehead atoms. The van der Waals surface area contributed by atoms with Gasteiger partial charge in [0.05, 0.1) is 0 Å². The van der Waals surface area contributed by atoms with Gasteiger partial charge in [-0.05, 0) is 36.1 Å². The van der Waals surface area contributed by atoms with E-state index in [1.54, 1.807) is 30.5 Å². The van der Waals surface area contributed by atoms with Gasteiger partial charge < -0.3 is 10.4 Å². The molecule has 1 aliphatic carbocycles. The molecule has 25 heavy (non-hydrogen) atoms. The number of allylic oxidation sites excluding steroid dienone is 2. The average Bonchev–Trinajstić information content (AvgIpc) is 2.62. The number of aromatic hydroxyl groups is 1. The second kappa shape index (κ2) is 7.22. The zero-order valence-corrected chi connectivity index (χ0v) is 14.0. The van der Waals surface area contributed by atoms with E-state index >= 15 is 0 Å². The maximum Gasteiger partial charge on any atom is 0.168 e. The zero-order chi connectivity index (χ0) is 17.8. The Kier molecular flexibility index (Phi) is 4.85. The van der Waals surface area contributed by atoms with Crippen LogP contribution in [-0.2, 0) is 11.2 Å². The van der Waals surface area contributed by atoms with Crippen LogP contribution in [0, 0.1) is 5.92 Å². The van der Waals surface area contributed by atoms with E-state index < -0.39 is 0 Å². The number of fused-ring (bicyclic) bond motifs is 1. The van der Waals surface area contributed by atoms with E-state index in [0.717, 1.165) is 17.5 Å². The van der Waals surface area contributed by atoms with Crippen molar-refractivity contribution in [1.29, 1.82) is 0 Å². The molecule has 2 aromatic carbocycles. The second-order valence-electron chi connectivity index (χ2n) is 6.14. The summed E-state index contributed by atoms with van der Waals surface area (Å²) in [5.41, 5.74) is 3.91. The van der Waals surface area contributed by atoms with Gasteiger partial charge in [-0.1, -0.05) is 49.1 Å². The van der Waals surface area contributed by atoms with E-state index in [9.17, 15) is 9.90 Å². The van der Waals surface area contributed by atoms with E-state index in [-0.39, 0.29) is 17.5 Å². The minimum Gasteiger partial charge on any atom is -0.507 e. The predicted octanol–water partition coefficient (Wildman–Crippen LogP) is 4.31. The van der Waals surface area contributed by atoms with Crippen molar-refractivity contribution >= 4 is 17.1 Å². The molecule has 0 spiro atoms. The highest BCUT2D eigenvalue weighted by Crippen LogP contribution is 2.33. The summed E-state index contributed by atoms with van der Waals surface area (Å²) >= 11 is 0. The number of carbonyl (C=O) groups excluding carboxylic acids is 1. The number of hydrogen-bond donors (Lipinski definition) is 2. The lowest BCUT2D eigenvalue weighted by Gasteiger charge is -2.25. The van der Waals surface area contributed by atoms with Gasteiger partial charge >= 0.3 is 0 Å². The van der Waals surface area contributed by atoms with Crippen LogP contribution in [0.5, 0.6) is 5.75 Å². The largest absolute Gasteiger partial charge is 0.507 e. The first-order valence-corrected chi connectivity index (χ1v) is 8.29. The molecule has 0 saturated carbocycles. The molecule has 1 unspecified atom stereocenters. The molecule has 0 radical (unpaired) electrons. The van der Waals surface area contributed by atoms with Crippen LogP contribution in [0.3, 0.4) is 0 Å². The predicted molar refractivity (Wildman–Crippen MR) is 102 cm³/mol. The van der Waals surface area contributed by atoms with Crippen molar-refractivity contribution in [3.8, 4) is 5.75 Å². The van der Waals surface area contributed by atoms with Crippen LogP contribution in [-0.4, -0.2) is 10.9 Å². The number of benzene rings is 2. The second-order valence-corrected chi connectivity index (χ2v) is 6.14. The van der Waals surface area contributed by atoms with Crippen LogP contribution in [0.15, 0.2) is 74.0 Å². The number of rotatable bonds is 5. The Morgan fingerprint density at radius 3 is 2.68 bits per heavy atom. The normalized spacial score (nSPS) is 17.8. The molecule has 3 nitrogen and oxygen atoms in total. The van der Waals surface area contributed by atoms with Gasteiger partial charge in [-0.25, -0.2) is 0 Å². The maximum absolute atomic E-state index is 12.9. The number of phenolic OH excluding ortho intramolecular Hbond substituents is 1. The van der Waals surface area contributed by atoms with Crippen LogP contribution >= 0.6 is 0 Å². The minimum atomic E-state index is -0.0844. The third-order valence-corrected chi connectivity index (χ3v) is 4.48. The first-order chi connectivity index (χ1) is 12.1. The summed E-state index contributed by atoms with van der Waals surface area (Å²) < 4.78 is 0. The van der Waals surface area contributed by atoms with Crippen molar-refractivity contribution in [3.05, 3.63) is 90.7 Å². The molecule has 2 aromatic rings. The summed E-state index contributed by atoms with van der Waals surface area (Å²) in [5.74, 6) is 0.174. The van der Waals surface area contributed by atoms with Crippen molar-refractivity contribution in [1.82, 2.24) is 5.32 Å². The molecule has 3 heteroatoms. The molecule has 126 valence electrons. The molecule has 0 aliphatic heterocycles. The van der Waals surface area contributed by atoms with Gasteiger partial charge in [0.2, 0.25) is 0 Å². The summed E-state index contributed by atoms with van der Waals surface area (Å²) in [4.78, 5) is 12.9. The highest BCUT2D eigenvalue weighted by atomic mass is 16.3. The lowest BCUT2D eigenvalue weighted by atomic mass is 9.78. The first kappa shape index (κ1) is 16.8. The van der Waals surface area contributed by atoms with Crippen molar-refractivity contribution < 1.29 is 9.90 Å². The summed E-state index contributed by atoms with van der Waals surface area (Å²) in [6.45, 7) is 7.73. The van der Waals surface area contributed by atoms with Gasteiger partial charge in [-0.15, -0.1) is 6.58 Å². The smallest absolute Gasteiger partial charge is 0.168 e. The van der Waals surface area contributed by atoms with Crippen molar-refractivity contribution in [2.45, 2.75) is 12.8 Å². The van der Waals surface area contributed by atoms with E-state index in [1.165, 1.54) is 0 Å². The summed E-state index contributed by atoms with van der Waals surface area (Å²) in [6.07, 6.45) is 4.89. The Balaban J connectivity index is 1.92. The van der Waals surface area contributed by atoms with Crippen LogP contribution in [0.4, 0.5) is 0 Å². The van der Waals surface area contributed by atoms with Crippen molar-refractivity contribution in [2.75, 3.05) is 0 Å². The Labute approximate surface area is 148 Å². The van der Waals surface area contributed by atoms with Gasteiger partial charge in [0.15, 0.2) is 5.78 Å². The zero-order valence-electron chi connectivity index (χ0n) is 14.0. The topological polar surface area (TPSA) is 49.3 Å². The summed E-state index contributed by atoms with van der Waals surface area (Å²) in [5, 5.41) is 13.0. The fraction of sp³-hybridized carbons (Fsp3) is 0.136. The SMILES string of the molecule is C=CCC1Cc2ccccc2/C(=C/NC(=C)c2ccccc2O)C1=O. The minimum absolute atomic E-state index is 0.0844. The number of Topliss-reactive ketones (excluding diaryl/α,β-unsaturated/α-hetero) is 1. The van der Waals surface area contributed by atoms with Gasteiger partial charge in [0, 0.05) is 29.0 Å². The number of phenols is 1. The van der Waals surface area contributed by atoms with Gasteiger partial charge in [-0.3, -0.25) is 4.79 Å². The van der Waals surface area contributed by atoms with E-state index in [2.05, 4.69) is 24.5 Å². The molecule has 0 fully saturated rings. The third kappa shape index (κ3) is 3.41. The van der Waals surface area contributed by atoms with Gasteiger partial charge in [-0.2, -0.15) is 0 Å². The fourth-order valence-electron chi connectivity index (χ4n) is 3.18. The van der Waals surface area contributed by atoms with Crippen LogP contribution in [0.1, 0.15) is 23.1 Å². The summed E-state index contributed by atoms with van der Waals surface area (Å²) in [6, 6.07) is 14.9. The molecular formula is C22H21NO2. The van der Waals surface area contributed by atoms with Crippen molar-refractivity contribution in [3.63, 3.8) is 0 Å². The first-order valence-electron chi connectivity index (χ1n) is 8.29. The monoisotopic (exact) mass is 331 g/mol. The third-order valence-electron chi connectivity index (χ3n) is 4.48.